The molecule has 1 aromatic carbocycles. The lowest BCUT2D eigenvalue weighted by Crippen LogP contribution is -2.47. The third-order valence-corrected chi connectivity index (χ3v) is 4.82. The van der Waals surface area contributed by atoms with Gasteiger partial charge in [-0.15, -0.1) is 0 Å². The van der Waals surface area contributed by atoms with E-state index in [-0.39, 0.29) is 5.75 Å². The summed E-state index contributed by atoms with van der Waals surface area (Å²) in [7, 11) is -3.58. The summed E-state index contributed by atoms with van der Waals surface area (Å²) in [6.45, 7) is 0.463. The topological polar surface area (TPSA) is 121 Å². The quantitative estimate of drug-likeness (QED) is 0.580. The molecule has 1 aromatic rings. The highest BCUT2D eigenvalue weighted by molar-refractivity contribution is 7.92. The SMILES string of the molecule is CC(O)(CNC(=O)CS(=O)(=O)CCCc1ccccc1)C(=O)O. The molecule has 0 heterocycles. The molecule has 0 saturated heterocycles. The first-order valence-corrected chi connectivity index (χ1v) is 8.91. The van der Waals surface area contributed by atoms with Crippen molar-refractivity contribution in [2.24, 2.45) is 0 Å². The predicted molar refractivity (Wildman–Crippen MR) is 84.7 cm³/mol. The highest BCUT2D eigenvalue weighted by Crippen LogP contribution is 2.05. The van der Waals surface area contributed by atoms with E-state index in [1.165, 1.54) is 0 Å². The minimum atomic E-state index is -3.58. The van der Waals surface area contributed by atoms with Gasteiger partial charge in [-0.1, -0.05) is 30.3 Å². The molecule has 0 bridgehead atoms. The Balaban J connectivity index is 2.39. The zero-order chi connectivity index (χ0) is 17.5. The lowest BCUT2D eigenvalue weighted by molar-refractivity contribution is -0.156. The third-order valence-electron chi connectivity index (χ3n) is 3.21. The van der Waals surface area contributed by atoms with Crippen molar-refractivity contribution in [3.8, 4) is 0 Å². The Hall–Kier alpha value is -1.93. The number of benzene rings is 1. The summed E-state index contributed by atoms with van der Waals surface area (Å²) in [5.41, 5.74) is -1.11. The van der Waals surface area contributed by atoms with Gasteiger partial charge < -0.3 is 15.5 Å². The van der Waals surface area contributed by atoms with Crippen LogP contribution in [0, 0.1) is 0 Å². The van der Waals surface area contributed by atoms with E-state index in [9.17, 15) is 23.1 Å². The monoisotopic (exact) mass is 343 g/mol. The van der Waals surface area contributed by atoms with Crippen molar-refractivity contribution in [2.75, 3.05) is 18.1 Å². The summed E-state index contributed by atoms with van der Waals surface area (Å²) in [5, 5.41) is 20.3. The van der Waals surface area contributed by atoms with Crippen molar-refractivity contribution in [1.82, 2.24) is 5.32 Å². The van der Waals surface area contributed by atoms with E-state index in [2.05, 4.69) is 5.32 Å². The maximum Gasteiger partial charge on any atom is 0.337 e. The fourth-order valence-corrected chi connectivity index (χ4v) is 3.04. The molecule has 0 aliphatic carbocycles. The van der Waals surface area contributed by atoms with Gasteiger partial charge in [0.05, 0.1) is 12.3 Å². The standard InChI is InChI=1S/C15H21NO6S/c1-15(20,14(18)19)11-16-13(17)10-23(21,22)9-5-8-12-6-3-2-4-7-12/h2-4,6-7,20H,5,8-11H2,1H3,(H,16,17)(H,18,19). The molecule has 1 amide bonds. The van der Waals surface area contributed by atoms with Crippen LogP contribution in [0.3, 0.4) is 0 Å². The van der Waals surface area contributed by atoms with Crippen LogP contribution in [0.1, 0.15) is 18.9 Å². The summed E-state index contributed by atoms with van der Waals surface area (Å²) < 4.78 is 23.7. The van der Waals surface area contributed by atoms with Gasteiger partial charge in [0.1, 0.15) is 5.75 Å². The summed E-state index contributed by atoms with van der Waals surface area (Å²) in [5.74, 6) is -3.18. The molecule has 3 N–H and O–H groups in total. The average Bonchev–Trinajstić information content (AvgIpc) is 2.45. The summed E-state index contributed by atoms with van der Waals surface area (Å²) >= 11 is 0. The van der Waals surface area contributed by atoms with Crippen LogP contribution in [-0.4, -0.2) is 54.2 Å². The van der Waals surface area contributed by atoms with Crippen LogP contribution in [0.2, 0.25) is 0 Å². The van der Waals surface area contributed by atoms with E-state index in [0.29, 0.717) is 12.8 Å². The second-order valence-corrected chi connectivity index (χ2v) is 7.72. The van der Waals surface area contributed by atoms with Gasteiger partial charge in [0.25, 0.3) is 0 Å². The summed E-state index contributed by atoms with van der Waals surface area (Å²) in [6, 6.07) is 9.40. The average molecular weight is 343 g/mol. The first-order chi connectivity index (χ1) is 10.6. The zero-order valence-electron chi connectivity index (χ0n) is 12.9. The Morgan fingerprint density at radius 1 is 1.22 bits per heavy atom. The number of nitrogens with one attached hydrogen (secondary N) is 1. The van der Waals surface area contributed by atoms with Gasteiger partial charge in [-0.05, 0) is 25.3 Å². The minimum Gasteiger partial charge on any atom is -0.479 e. The lowest BCUT2D eigenvalue weighted by Gasteiger charge is -2.18. The number of hydrogen-bond donors (Lipinski definition) is 3. The number of carboxylic acid groups (broad SMARTS) is 1. The van der Waals surface area contributed by atoms with Crippen molar-refractivity contribution >= 4 is 21.7 Å². The van der Waals surface area contributed by atoms with Gasteiger partial charge in [0.15, 0.2) is 15.4 Å². The van der Waals surface area contributed by atoms with E-state index < -0.39 is 39.6 Å². The van der Waals surface area contributed by atoms with E-state index >= 15 is 0 Å². The Bertz CT molecular complexity index is 639. The van der Waals surface area contributed by atoms with Gasteiger partial charge in [-0.25, -0.2) is 13.2 Å². The van der Waals surface area contributed by atoms with E-state index in [0.717, 1.165) is 12.5 Å². The van der Waals surface area contributed by atoms with Gasteiger partial charge >= 0.3 is 5.97 Å². The number of sulfone groups is 1. The molecule has 0 spiro atoms. The van der Waals surface area contributed by atoms with Gasteiger partial charge in [0.2, 0.25) is 5.91 Å². The predicted octanol–water partition coefficient (Wildman–Crippen LogP) is -0.0142. The Labute approximate surface area is 135 Å². The number of carbonyl (C=O) groups is 2. The van der Waals surface area contributed by atoms with Crippen LogP contribution in [0.4, 0.5) is 0 Å². The summed E-state index contributed by atoms with van der Waals surface area (Å²) in [6.07, 6.45) is 0.988. The van der Waals surface area contributed by atoms with Gasteiger partial charge in [-0.2, -0.15) is 0 Å². The molecular weight excluding hydrogens is 322 g/mol. The molecule has 1 atom stereocenters. The van der Waals surface area contributed by atoms with Crippen LogP contribution >= 0.6 is 0 Å². The first kappa shape index (κ1) is 19.1. The highest BCUT2D eigenvalue weighted by atomic mass is 32.2. The smallest absolute Gasteiger partial charge is 0.337 e. The first-order valence-electron chi connectivity index (χ1n) is 7.09. The third kappa shape index (κ3) is 7.25. The number of carboxylic acids is 1. The van der Waals surface area contributed by atoms with E-state index in [1.54, 1.807) is 0 Å². The maximum absolute atomic E-state index is 11.8. The van der Waals surface area contributed by atoms with Gasteiger partial charge in [0, 0.05) is 0 Å². The van der Waals surface area contributed by atoms with E-state index in [4.69, 9.17) is 5.11 Å². The van der Waals surface area contributed by atoms with Crippen LogP contribution in [0.15, 0.2) is 30.3 Å². The largest absolute Gasteiger partial charge is 0.479 e. The van der Waals surface area contributed by atoms with E-state index in [1.807, 2.05) is 30.3 Å². The zero-order valence-corrected chi connectivity index (χ0v) is 13.7. The number of hydrogen-bond acceptors (Lipinski definition) is 5. The summed E-state index contributed by atoms with van der Waals surface area (Å²) in [4.78, 5) is 22.2. The molecule has 1 rings (SSSR count). The number of amides is 1. The molecule has 0 fully saturated rings. The molecular formula is C15H21NO6S. The number of carbonyl (C=O) groups excluding carboxylic acids is 1. The number of aryl methyl sites for hydroxylation is 1. The number of aliphatic hydroxyl groups is 1. The molecule has 0 aliphatic heterocycles. The minimum absolute atomic E-state index is 0.134. The van der Waals surface area contributed by atoms with Crippen LogP contribution < -0.4 is 5.32 Å². The Kier molecular flexibility index (Phi) is 6.71. The Morgan fingerprint density at radius 3 is 2.39 bits per heavy atom. The molecule has 0 aliphatic rings. The maximum atomic E-state index is 11.8. The molecule has 0 radical (unpaired) electrons. The molecule has 7 nitrogen and oxygen atoms in total. The Morgan fingerprint density at radius 2 is 1.83 bits per heavy atom. The second kappa shape index (κ2) is 8.07. The second-order valence-electron chi connectivity index (χ2n) is 5.54. The van der Waals surface area contributed by atoms with Crippen molar-refractivity contribution in [2.45, 2.75) is 25.4 Å². The van der Waals surface area contributed by atoms with Crippen LogP contribution in [0.25, 0.3) is 0 Å². The highest BCUT2D eigenvalue weighted by Gasteiger charge is 2.30. The van der Waals surface area contributed by atoms with Gasteiger partial charge in [-0.3, -0.25) is 4.79 Å². The molecule has 128 valence electrons. The molecule has 23 heavy (non-hydrogen) atoms. The number of rotatable bonds is 9. The van der Waals surface area contributed by atoms with Crippen molar-refractivity contribution < 1.29 is 28.2 Å². The van der Waals surface area contributed by atoms with Crippen LogP contribution in [-0.2, 0) is 25.8 Å². The normalized spacial score (nSPS) is 14.0. The van der Waals surface area contributed by atoms with Crippen molar-refractivity contribution in [3.05, 3.63) is 35.9 Å². The molecule has 0 aromatic heterocycles. The molecule has 8 heteroatoms. The fourth-order valence-electron chi connectivity index (χ4n) is 1.81. The molecule has 0 saturated carbocycles. The number of aliphatic carboxylic acids is 1. The fraction of sp³-hybridized carbons (Fsp3) is 0.467. The van der Waals surface area contributed by atoms with Crippen molar-refractivity contribution in [3.63, 3.8) is 0 Å². The molecule has 1 unspecified atom stereocenters. The lowest BCUT2D eigenvalue weighted by atomic mass is 10.1. The van der Waals surface area contributed by atoms with Crippen molar-refractivity contribution in [1.29, 1.82) is 0 Å². The van der Waals surface area contributed by atoms with Crippen LogP contribution in [0.5, 0.6) is 0 Å².